The Labute approximate surface area is 101 Å². The van der Waals surface area contributed by atoms with Gasteiger partial charge in [-0.1, -0.05) is 12.1 Å². The van der Waals surface area contributed by atoms with Crippen LogP contribution in [0.3, 0.4) is 0 Å². The summed E-state index contributed by atoms with van der Waals surface area (Å²) in [7, 11) is 0. The van der Waals surface area contributed by atoms with E-state index in [1.165, 1.54) is 30.5 Å². The van der Waals surface area contributed by atoms with Crippen LogP contribution in [-0.2, 0) is 17.6 Å². The van der Waals surface area contributed by atoms with Crippen molar-refractivity contribution in [2.24, 2.45) is 0 Å². The van der Waals surface area contributed by atoms with E-state index in [0.717, 1.165) is 24.6 Å². The van der Waals surface area contributed by atoms with Crippen molar-refractivity contribution >= 4 is 11.7 Å². The molecule has 1 aromatic carbocycles. The molecule has 0 bridgehead atoms. The van der Waals surface area contributed by atoms with Gasteiger partial charge in [0.1, 0.15) is 0 Å². The Bertz CT molecular complexity index is 452. The molecular weight excluding hydrogens is 214 g/mol. The Morgan fingerprint density at radius 3 is 2.88 bits per heavy atom. The summed E-state index contributed by atoms with van der Waals surface area (Å²) in [6.45, 7) is 1.11. The van der Waals surface area contributed by atoms with Gasteiger partial charge in [-0.15, -0.1) is 0 Å². The monoisotopic (exact) mass is 231 g/mol. The molecular formula is C14H17NO2. The van der Waals surface area contributed by atoms with Crippen molar-refractivity contribution in [1.82, 2.24) is 0 Å². The van der Waals surface area contributed by atoms with Crippen molar-refractivity contribution in [2.45, 2.75) is 38.1 Å². The van der Waals surface area contributed by atoms with Gasteiger partial charge in [-0.25, -0.2) is 0 Å². The highest BCUT2D eigenvalue weighted by Gasteiger charge is 2.29. The topological polar surface area (TPSA) is 40.5 Å². The normalized spacial score (nSPS) is 18.9. The maximum absolute atomic E-state index is 10.7. The van der Waals surface area contributed by atoms with Gasteiger partial charge in [-0.05, 0) is 42.9 Å². The number of rotatable bonds is 3. The van der Waals surface area contributed by atoms with Crippen LogP contribution in [0.25, 0.3) is 0 Å². The van der Waals surface area contributed by atoms with E-state index < -0.39 is 5.97 Å². The van der Waals surface area contributed by atoms with Crippen LogP contribution in [0, 0.1) is 0 Å². The highest BCUT2D eigenvalue weighted by Crippen LogP contribution is 2.36. The van der Waals surface area contributed by atoms with E-state index >= 15 is 0 Å². The molecule has 0 amide bonds. The van der Waals surface area contributed by atoms with Crippen molar-refractivity contribution in [1.29, 1.82) is 0 Å². The first-order valence-corrected chi connectivity index (χ1v) is 6.34. The molecule has 0 spiro atoms. The summed E-state index contributed by atoms with van der Waals surface area (Å²) < 4.78 is 0. The molecule has 17 heavy (non-hydrogen) atoms. The van der Waals surface area contributed by atoms with E-state index in [0.29, 0.717) is 0 Å². The Kier molecular flexibility index (Phi) is 2.54. The van der Waals surface area contributed by atoms with Gasteiger partial charge < -0.3 is 10.0 Å². The standard InChI is InChI=1S/C14H17NO2/c16-14(17)9-10-4-5-13-11(8-10)6-7-15(13)12-2-1-3-12/h4-5,8,12H,1-3,6-7,9H2,(H,16,17). The minimum atomic E-state index is -0.751. The lowest BCUT2D eigenvalue weighted by Crippen LogP contribution is -2.38. The van der Waals surface area contributed by atoms with Crippen LogP contribution in [-0.4, -0.2) is 23.7 Å². The molecule has 0 atom stereocenters. The number of hydrogen-bond donors (Lipinski definition) is 1. The minimum Gasteiger partial charge on any atom is -0.481 e. The quantitative estimate of drug-likeness (QED) is 0.867. The second-order valence-corrected chi connectivity index (χ2v) is 5.06. The van der Waals surface area contributed by atoms with Crippen molar-refractivity contribution in [3.63, 3.8) is 0 Å². The Hall–Kier alpha value is -1.51. The number of anilines is 1. The number of benzene rings is 1. The molecule has 0 radical (unpaired) electrons. The van der Waals surface area contributed by atoms with Crippen LogP contribution in [0.5, 0.6) is 0 Å². The molecule has 3 nitrogen and oxygen atoms in total. The molecule has 0 unspecified atom stereocenters. The molecule has 3 heteroatoms. The molecule has 2 aliphatic rings. The van der Waals surface area contributed by atoms with Gasteiger partial charge in [0.05, 0.1) is 6.42 Å². The van der Waals surface area contributed by atoms with E-state index in [-0.39, 0.29) is 6.42 Å². The van der Waals surface area contributed by atoms with Crippen molar-refractivity contribution < 1.29 is 9.90 Å². The molecule has 3 rings (SSSR count). The summed E-state index contributed by atoms with van der Waals surface area (Å²) in [4.78, 5) is 13.2. The maximum Gasteiger partial charge on any atom is 0.307 e. The Balaban J connectivity index is 1.83. The first kappa shape index (κ1) is 10.6. The van der Waals surface area contributed by atoms with Crippen molar-refractivity contribution in [3.8, 4) is 0 Å². The largest absolute Gasteiger partial charge is 0.481 e. The van der Waals surface area contributed by atoms with Crippen LogP contribution in [0.2, 0.25) is 0 Å². The molecule has 1 N–H and O–H groups in total. The molecule has 1 aromatic rings. The van der Waals surface area contributed by atoms with Crippen LogP contribution in [0.15, 0.2) is 18.2 Å². The predicted octanol–water partition coefficient (Wildman–Crippen LogP) is 2.23. The third-order valence-corrected chi connectivity index (χ3v) is 3.95. The zero-order chi connectivity index (χ0) is 11.8. The minimum absolute atomic E-state index is 0.136. The van der Waals surface area contributed by atoms with E-state index in [4.69, 9.17) is 5.11 Å². The van der Waals surface area contributed by atoms with Gasteiger partial charge in [-0.3, -0.25) is 4.79 Å². The molecule has 1 saturated carbocycles. The van der Waals surface area contributed by atoms with Crippen LogP contribution >= 0.6 is 0 Å². The van der Waals surface area contributed by atoms with Crippen LogP contribution < -0.4 is 4.90 Å². The van der Waals surface area contributed by atoms with Crippen LogP contribution in [0.1, 0.15) is 30.4 Å². The van der Waals surface area contributed by atoms with Crippen molar-refractivity contribution in [3.05, 3.63) is 29.3 Å². The highest BCUT2D eigenvalue weighted by atomic mass is 16.4. The SMILES string of the molecule is O=C(O)Cc1ccc2c(c1)CCN2C1CCC1. The molecule has 1 fully saturated rings. The molecule has 1 heterocycles. The fourth-order valence-corrected chi connectivity index (χ4v) is 2.84. The van der Waals surface area contributed by atoms with E-state index in [2.05, 4.69) is 17.0 Å². The van der Waals surface area contributed by atoms with Crippen molar-refractivity contribution in [2.75, 3.05) is 11.4 Å². The fraction of sp³-hybridized carbons (Fsp3) is 0.500. The summed E-state index contributed by atoms with van der Waals surface area (Å²) in [5.74, 6) is -0.751. The Morgan fingerprint density at radius 2 is 2.24 bits per heavy atom. The zero-order valence-corrected chi connectivity index (χ0v) is 9.85. The summed E-state index contributed by atoms with van der Waals surface area (Å²) >= 11 is 0. The second kappa shape index (κ2) is 4.06. The summed E-state index contributed by atoms with van der Waals surface area (Å²) in [5.41, 5.74) is 3.59. The first-order valence-electron chi connectivity index (χ1n) is 6.34. The molecule has 1 aliphatic heterocycles. The zero-order valence-electron chi connectivity index (χ0n) is 9.85. The number of aliphatic carboxylic acids is 1. The van der Waals surface area contributed by atoms with Gasteiger partial charge in [0.25, 0.3) is 0 Å². The van der Waals surface area contributed by atoms with E-state index in [1.807, 2.05) is 6.07 Å². The molecule has 90 valence electrons. The third-order valence-electron chi connectivity index (χ3n) is 3.95. The lowest BCUT2D eigenvalue weighted by molar-refractivity contribution is -0.136. The van der Waals surface area contributed by atoms with E-state index in [1.54, 1.807) is 0 Å². The number of carboxylic acid groups (broad SMARTS) is 1. The summed E-state index contributed by atoms with van der Waals surface area (Å²) in [6, 6.07) is 6.88. The summed E-state index contributed by atoms with van der Waals surface area (Å²) in [6.07, 6.45) is 5.19. The van der Waals surface area contributed by atoms with Gasteiger partial charge >= 0.3 is 5.97 Å². The highest BCUT2D eigenvalue weighted by molar-refractivity contribution is 5.71. The average molecular weight is 231 g/mol. The fourth-order valence-electron chi connectivity index (χ4n) is 2.84. The number of carboxylic acids is 1. The average Bonchev–Trinajstić information content (AvgIpc) is 2.58. The summed E-state index contributed by atoms with van der Waals surface area (Å²) in [5, 5.41) is 8.79. The maximum atomic E-state index is 10.7. The number of carbonyl (C=O) groups is 1. The van der Waals surface area contributed by atoms with Gasteiger partial charge in [0.15, 0.2) is 0 Å². The van der Waals surface area contributed by atoms with E-state index in [9.17, 15) is 4.79 Å². The number of hydrogen-bond acceptors (Lipinski definition) is 2. The molecule has 0 aromatic heterocycles. The second-order valence-electron chi connectivity index (χ2n) is 5.06. The molecule has 0 saturated heterocycles. The smallest absolute Gasteiger partial charge is 0.307 e. The van der Waals surface area contributed by atoms with Gasteiger partial charge in [0, 0.05) is 18.3 Å². The van der Waals surface area contributed by atoms with Gasteiger partial charge in [0.2, 0.25) is 0 Å². The number of fused-ring (bicyclic) bond motifs is 1. The lowest BCUT2D eigenvalue weighted by atomic mass is 9.91. The third kappa shape index (κ3) is 1.90. The molecule has 1 aliphatic carbocycles. The predicted molar refractivity (Wildman–Crippen MR) is 66.5 cm³/mol. The van der Waals surface area contributed by atoms with Gasteiger partial charge in [-0.2, -0.15) is 0 Å². The van der Waals surface area contributed by atoms with Crippen LogP contribution in [0.4, 0.5) is 5.69 Å². The number of nitrogens with zero attached hydrogens (tertiary/aromatic N) is 1. The lowest BCUT2D eigenvalue weighted by Gasteiger charge is -2.36. The first-order chi connectivity index (χ1) is 8.24. The Morgan fingerprint density at radius 1 is 1.41 bits per heavy atom.